The molecule has 0 unspecified atom stereocenters. The molecule has 0 bridgehead atoms. The van der Waals surface area contributed by atoms with Crippen LogP contribution in [0.3, 0.4) is 0 Å². The Morgan fingerprint density at radius 3 is 3.00 bits per heavy atom. The number of ether oxygens (including phenoxy) is 1. The van der Waals surface area contributed by atoms with Crippen LogP contribution < -0.4 is 10.5 Å². The minimum Gasteiger partial charge on any atom is -0.453 e. The highest BCUT2D eigenvalue weighted by atomic mass is 79.9. The number of amidine groups is 1. The van der Waals surface area contributed by atoms with Gasteiger partial charge in [0.2, 0.25) is 0 Å². The third-order valence-corrected chi connectivity index (χ3v) is 3.25. The number of benzene rings is 1. The van der Waals surface area contributed by atoms with E-state index in [-0.39, 0.29) is 5.84 Å². The average molecular weight is 339 g/mol. The molecule has 0 aliphatic carbocycles. The lowest BCUT2D eigenvalue weighted by atomic mass is 10.2. The van der Waals surface area contributed by atoms with Gasteiger partial charge in [0.15, 0.2) is 11.6 Å². The number of hydrogen-bond donors (Lipinski definition) is 2. The molecule has 20 heavy (non-hydrogen) atoms. The number of nitrogens with zero attached hydrogens (tertiary/aromatic N) is 3. The predicted octanol–water partition coefficient (Wildman–Crippen LogP) is 2.94. The molecule has 3 N–H and O–H groups in total. The van der Waals surface area contributed by atoms with E-state index in [2.05, 4.69) is 33.1 Å². The van der Waals surface area contributed by atoms with Crippen molar-refractivity contribution in [2.24, 2.45) is 10.9 Å². The van der Waals surface area contributed by atoms with Crippen LogP contribution in [-0.4, -0.2) is 20.8 Å². The van der Waals surface area contributed by atoms with Crippen molar-refractivity contribution < 1.29 is 9.94 Å². The number of aromatic nitrogens is 2. The minimum atomic E-state index is 0.0491. The average Bonchev–Trinajstić information content (AvgIpc) is 2.88. The van der Waals surface area contributed by atoms with Crippen molar-refractivity contribution in [1.29, 1.82) is 0 Å². The monoisotopic (exact) mass is 338 g/mol. The lowest BCUT2D eigenvalue weighted by Crippen LogP contribution is -2.12. The van der Waals surface area contributed by atoms with Crippen LogP contribution >= 0.6 is 15.9 Å². The zero-order chi connectivity index (χ0) is 14.5. The fourth-order valence-electron chi connectivity index (χ4n) is 1.68. The van der Waals surface area contributed by atoms with Gasteiger partial charge in [-0.25, -0.2) is 0 Å². The third-order valence-electron chi connectivity index (χ3n) is 2.63. The summed E-state index contributed by atoms with van der Waals surface area (Å²) in [6.45, 7) is 2.94. The number of halogens is 1. The fraction of sp³-hybridized carbons (Fsp3) is 0.231. The van der Waals surface area contributed by atoms with Gasteiger partial charge in [0.25, 0.3) is 0 Å². The van der Waals surface area contributed by atoms with Crippen molar-refractivity contribution >= 4 is 21.8 Å². The molecule has 106 valence electrons. The molecule has 2 rings (SSSR count). The van der Waals surface area contributed by atoms with Crippen molar-refractivity contribution in [3.8, 4) is 11.5 Å². The first-order chi connectivity index (χ1) is 9.63. The van der Waals surface area contributed by atoms with Crippen LogP contribution in [0.2, 0.25) is 0 Å². The molecule has 0 radical (unpaired) electrons. The first-order valence-corrected chi connectivity index (χ1v) is 6.91. The van der Waals surface area contributed by atoms with E-state index in [9.17, 15) is 0 Å². The quantitative estimate of drug-likeness (QED) is 0.380. The highest BCUT2D eigenvalue weighted by Crippen LogP contribution is 2.30. The number of oxime groups is 1. The summed E-state index contributed by atoms with van der Waals surface area (Å²) in [7, 11) is 0. The van der Waals surface area contributed by atoms with E-state index in [1.807, 2.05) is 10.9 Å². The molecule has 0 fully saturated rings. The summed E-state index contributed by atoms with van der Waals surface area (Å²) in [5, 5.41) is 15.8. The second-order valence-corrected chi connectivity index (χ2v) is 5.03. The van der Waals surface area contributed by atoms with Crippen LogP contribution in [0, 0.1) is 0 Å². The standard InChI is InChI=1S/C13H15BrN4O2/c1-2-5-18-8-10(7-16-18)20-12-4-3-9(6-11(12)14)13(15)17-19/h3-4,6-8,19H,2,5H2,1H3,(H2,15,17). The van der Waals surface area contributed by atoms with E-state index in [1.54, 1.807) is 24.4 Å². The summed E-state index contributed by atoms with van der Waals surface area (Å²) in [4.78, 5) is 0. The van der Waals surface area contributed by atoms with Gasteiger partial charge >= 0.3 is 0 Å². The molecule has 6 nitrogen and oxygen atoms in total. The van der Waals surface area contributed by atoms with Crippen molar-refractivity contribution in [2.75, 3.05) is 0 Å². The SMILES string of the molecule is CCCn1cc(Oc2ccc(/C(N)=N/O)cc2Br)cn1. The molecule has 1 aromatic carbocycles. The summed E-state index contributed by atoms with van der Waals surface area (Å²) in [5.41, 5.74) is 6.13. The topological polar surface area (TPSA) is 85.7 Å². The predicted molar refractivity (Wildman–Crippen MR) is 79.2 cm³/mol. The van der Waals surface area contributed by atoms with Gasteiger partial charge in [0.1, 0.15) is 5.75 Å². The largest absolute Gasteiger partial charge is 0.453 e. The number of hydrogen-bond acceptors (Lipinski definition) is 4. The van der Waals surface area contributed by atoms with Gasteiger partial charge in [-0.2, -0.15) is 5.10 Å². The van der Waals surface area contributed by atoms with Gasteiger partial charge in [-0.3, -0.25) is 4.68 Å². The number of aryl methyl sites for hydroxylation is 1. The van der Waals surface area contributed by atoms with E-state index < -0.39 is 0 Å². The molecule has 0 amide bonds. The highest BCUT2D eigenvalue weighted by molar-refractivity contribution is 9.10. The maximum Gasteiger partial charge on any atom is 0.170 e. The second kappa shape index (κ2) is 6.42. The Balaban J connectivity index is 2.16. The van der Waals surface area contributed by atoms with Crippen LogP contribution in [0.15, 0.2) is 40.2 Å². The van der Waals surface area contributed by atoms with Gasteiger partial charge in [-0.05, 0) is 40.5 Å². The van der Waals surface area contributed by atoms with E-state index >= 15 is 0 Å². The van der Waals surface area contributed by atoms with E-state index in [1.165, 1.54) is 0 Å². The summed E-state index contributed by atoms with van der Waals surface area (Å²) >= 11 is 3.40. The smallest absolute Gasteiger partial charge is 0.170 e. The Kier molecular flexibility index (Phi) is 4.62. The Morgan fingerprint density at radius 1 is 1.55 bits per heavy atom. The van der Waals surface area contributed by atoms with Gasteiger partial charge in [0, 0.05) is 12.1 Å². The van der Waals surface area contributed by atoms with Gasteiger partial charge in [-0.1, -0.05) is 12.1 Å². The first-order valence-electron chi connectivity index (χ1n) is 6.11. The van der Waals surface area contributed by atoms with Crippen LogP contribution in [0.1, 0.15) is 18.9 Å². The van der Waals surface area contributed by atoms with Crippen LogP contribution in [0.5, 0.6) is 11.5 Å². The molecule has 0 saturated heterocycles. The molecular formula is C13H15BrN4O2. The molecule has 0 spiro atoms. The van der Waals surface area contributed by atoms with E-state index in [0.717, 1.165) is 13.0 Å². The molecule has 7 heteroatoms. The summed E-state index contributed by atoms with van der Waals surface area (Å²) in [6.07, 6.45) is 4.52. The zero-order valence-electron chi connectivity index (χ0n) is 11.0. The third kappa shape index (κ3) is 3.30. The summed E-state index contributed by atoms with van der Waals surface area (Å²) in [6, 6.07) is 5.18. The molecule has 2 aromatic rings. The Morgan fingerprint density at radius 2 is 2.35 bits per heavy atom. The van der Waals surface area contributed by atoms with Crippen molar-refractivity contribution in [3.63, 3.8) is 0 Å². The van der Waals surface area contributed by atoms with Crippen LogP contribution in [0.25, 0.3) is 0 Å². The lowest BCUT2D eigenvalue weighted by Gasteiger charge is -2.07. The summed E-state index contributed by atoms with van der Waals surface area (Å²) < 4.78 is 8.27. The zero-order valence-corrected chi connectivity index (χ0v) is 12.5. The van der Waals surface area contributed by atoms with Crippen LogP contribution in [-0.2, 0) is 6.54 Å². The van der Waals surface area contributed by atoms with Gasteiger partial charge in [0.05, 0.1) is 16.9 Å². The maximum absolute atomic E-state index is 8.64. The van der Waals surface area contributed by atoms with Crippen molar-refractivity contribution in [2.45, 2.75) is 19.9 Å². The summed E-state index contributed by atoms with van der Waals surface area (Å²) in [5.74, 6) is 1.35. The molecule has 1 aromatic heterocycles. The Bertz CT molecular complexity index is 625. The lowest BCUT2D eigenvalue weighted by molar-refractivity contribution is 0.318. The molecular weight excluding hydrogens is 324 g/mol. The van der Waals surface area contributed by atoms with Gasteiger partial charge in [-0.15, -0.1) is 0 Å². The Labute approximate surface area is 125 Å². The van der Waals surface area contributed by atoms with Crippen molar-refractivity contribution in [1.82, 2.24) is 9.78 Å². The molecule has 0 aliphatic rings. The molecule has 1 heterocycles. The maximum atomic E-state index is 8.64. The number of nitrogens with two attached hydrogens (primary N) is 1. The normalized spacial score (nSPS) is 11.6. The second-order valence-electron chi connectivity index (χ2n) is 4.17. The minimum absolute atomic E-state index is 0.0491. The van der Waals surface area contributed by atoms with Crippen LogP contribution in [0.4, 0.5) is 0 Å². The van der Waals surface area contributed by atoms with E-state index in [0.29, 0.717) is 21.5 Å². The fourth-order valence-corrected chi connectivity index (χ4v) is 2.14. The Hall–Kier alpha value is -2.02. The van der Waals surface area contributed by atoms with Gasteiger partial charge < -0.3 is 15.7 Å². The molecule has 0 aliphatic heterocycles. The molecule has 0 atom stereocenters. The van der Waals surface area contributed by atoms with E-state index in [4.69, 9.17) is 15.7 Å². The first kappa shape index (κ1) is 14.4. The molecule has 0 saturated carbocycles. The number of rotatable bonds is 5. The highest BCUT2D eigenvalue weighted by Gasteiger charge is 2.08. The van der Waals surface area contributed by atoms with Crippen molar-refractivity contribution in [3.05, 3.63) is 40.6 Å².